The number of hydrogen-bond donors (Lipinski definition) is 0. The highest BCUT2D eigenvalue weighted by molar-refractivity contribution is 7.92. The Bertz CT molecular complexity index is 500. The maximum absolute atomic E-state index is 12.1. The number of nitriles is 1. The molecule has 0 bridgehead atoms. The fourth-order valence-electron chi connectivity index (χ4n) is 1.35. The molecule has 16 heavy (non-hydrogen) atoms. The molecular weight excluding hydrogens is 222 g/mol. The Morgan fingerprint density at radius 3 is 2.38 bits per heavy atom. The zero-order valence-electron chi connectivity index (χ0n) is 9.00. The number of nitrogens with zero attached hydrogens (tertiary/aromatic N) is 1. The highest BCUT2D eigenvalue weighted by Crippen LogP contribution is 2.21. The Kier molecular flexibility index (Phi) is 3.86. The Morgan fingerprint density at radius 1 is 1.38 bits per heavy atom. The number of benzene rings is 1. The first-order chi connectivity index (χ1) is 7.54. The molecule has 1 unspecified atom stereocenters. The number of hydrogen-bond acceptors (Lipinski definition) is 3. The number of allylic oxidation sites excluding steroid dienone is 1. The lowest BCUT2D eigenvalue weighted by atomic mass is 10.1. The standard InChI is InChI=1S/C12H13NO2S/c1-3-10(2)12(9-13)16(14,15)11-7-5-4-6-8-11/h3-8,10,12H,1H2,2H3/t10-,12?/m0/s1. The lowest BCUT2D eigenvalue weighted by Crippen LogP contribution is -2.25. The van der Waals surface area contributed by atoms with Crippen LogP contribution in [0.5, 0.6) is 0 Å². The van der Waals surface area contributed by atoms with Crippen molar-refractivity contribution in [2.75, 3.05) is 0 Å². The van der Waals surface area contributed by atoms with Gasteiger partial charge < -0.3 is 0 Å². The van der Waals surface area contributed by atoms with Gasteiger partial charge in [0, 0.05) is 5.92 Å². The van der Waals surface area contributed by atoms with E-state index in [4.69, 9.17) is 5.26 Å². The third-order valence-electron chi connectivity index (χ3n) is 2.38. The van der Waals surface area contributed by atoms with Crippen LogP contribution in [0.1, 0.15) is 6.92 Å². The Labute approximate surface area is 95.9 Å². The van der Waals surface area contributed by atoms with Gasteiger partial charge in [0.25, 0.3) is 0 Å². The summed E-state index contributed by atoms with van der Waals surface area (Å²) in [6, 6.07) is 9.83. The normalized spacial score (nSPS) is 14.8. The van der Waals surface area contributed by atoms with Crippen molar-refractivity contribution in [3.63, 3.8) is 0 Å². The van der Waals surface area contributed by atoms with Gasteiger partial charge in [-0.15, -0.1) is 6.58 Å². The molecule has 1 rings (SSSR count). The summed E-state index contributed by atoms with van der Waals surface area (Å²) in [6.07, 6.45) is 1.48. The third kappa shape index (κ3) is 2.31. The molecule has 0 saturated carbocycles. The highest BCUT2D eigenvalue weighted by Gasteiger charge is 2.30. The van der Waals surface area contributed by atoms with Crippen molar-refractivity contribution in [1.29, 1.82) is 5.26 Å². The molecule has 0 aromatic heterocycles. The molecule has 84 valence electrons. The van der Waals surface area contributed by atoms with E-state index in [1.54, 1.807) is 25.1 Å². The van der Waals surface area contributed by atoms with Crippen LogP contribution in [-0.4, -0.2) is 13.7 Å². The molecule has 1 aromatic carbocycles. The van der Waals surface area contributed by atoms with Gasteiger partial charge in [0.1, 0.15) is 0 Å². The van der Waals surface area contributed by atoms with E-state index in [-0.39, 0.29) is 4.90 Å². The molecule has 4 heteroatoms. The maximum Gasteiger partial charge on any atom is 0.195 e. The number of sulfone groups is 1. The van der Waals surface area contributed by atoms with Crippen LogP contribution in [0.3, 0.4) is 0 Å². The Hall–Kier alpha value is -1.60. The van der Waals surface area contributed by atoms with Crippen molar-refractivity contribution in [3.8, 4) is 6.07 Å². The van der Waals surface area contributed by atoms with Crippen molar-refractivity contribution in [1.82, 2.24) is 0 Å². The summed E-state index contributed by atoms with van der Waals surface area (Å²) in [5.41, 5.74) is 0. The van der Waals surface area contributed by atoms with Gasteiger partial charge in [-0.25, -0.2) is 8.42 Å². The SMILES string of the molecule is C=C[C@H](C)C(C#N)S(=O)(=O)c1ccccc1. The molecule has 0 aliphatic heterocycles. The topological polar surface area (TPSA) is 57.9 Å². The molecule has 2 atom stereocenters. The second kappa shape index (κ2) is 4.95. The van der Waals surface area contributed by atoms with Crippen molar-refractivity contribution in [3.05, 3.63) is 43.0 Å². The zero-order valence-corrected chi connectivity index (χ0v) is 9.81. The van der Waals surface area contributed by atoms with E-state index < -0.39 is 21.0 Å². The lowest BCUT2D eigenvalue weighted by Gasteiger charge is -2.14. The Morgan fingerprint density at radius 2 is 1.94 bits per heavy atom. The first-order valence-electron chi connectivity index (χ1n) is 4.85. The summed E-state index contributed by atoms with van der Waals surface area (Å²) < 4.78 is 24.2. The molecule has 0 spiro atoms. The summed E-state index contributed by atoms with van der Waals surface area (Å²) in [5.74, 6) is -0.393. The van der Waals surface area contributed by atoms with E-state index in [0.717, 1.165) is 0 Å². The molecular formula is C12H13NO2S. The van der Waals surface area contributed by atoms with Crippen molar-refractivity contribution in [2.45, 2.75) is 17.1 Å². The van der Waals surface area contributed by atoms with Gasteiger partial charge in [-0.2, -0.15) is 5.26 Å². The summed E-state index contributed by atoms with van der Waals surface area (Å²) in [6.45, 7) is 5.19. The van der Waals surface area contributed by atoms with Crippen LogP contribution in [0, 0.1) is 17.2 Å². The van der Waals surface area contributed by atoms with Gasteiger partial charge >= 0.3 is 0 Å². The minimum atomic E-state index is -3.59. The summed E-state index contributed by atoms with van der Waals surface area (Å²) in [4.78, 5) is 0.176. The smallest absolute Gasteiger partial charge is 0.195 e. The quantitative estimate of drug-likeness (QED) is 0.751. The van der Waals surface area contributed by atoms with Crippen LogP contribution in [0.25, 0.3) is 0 Å². The predicted octanol–water partition coefficient (Wildman–Crippen LogP) is 2.17. The second-order valence-electron chi connectivity index (χ2n) is 3.50. The van der Waals surface area contributed by atoms with Crippen LogP contribution < -0.4 is 0 Å². The van der Waals surface area contributed by atoms with Gasteiger partial charge in [-0.3, -0.25) is 0 Å². The zero-order chi connectivity index (χ0) is 12.2. The number of rotatable bonds is 4. The molecule has 1 aromatic rings. The predicted molar refractivity (Wildman–Crippen MR) is 62.4 cm³/mol. The van der Waals surface area contributed by atoms with Crippen LogP contribution >= 0.6 is 0 Å². The summed E-state index contributed by atoms with van der Waals surface area (Å²) in [5, 5.41) is 7.87. The molecule has 0 aliphatic carbocycles. The van der Waals surface area contributed by atoms with E-state index in [2.05, 4.69) is 6.58 Å². The Balaban J connectivity index is 3.22. The first-order valence-corrected chi connectivity index (χ1v) is 6.39. The molecule has 0 amide bonds. The van der Waals surface area contributed by atoms with Crippen LogP contribution in [-0.2, 0) is 9.84 Å². The minimum absolute atomic E-state index is 0.176. The summed E-state index contributed by atoms with van der Waals surface area (Å²) >= 11 is 0. The molecule has 0 saturated heterocycles. The van der Waals surface area contributed by atoms with Gasteiger partial charge in [-0.1, -0.05) is 31.2 Å². The molecule has 0 aliphatic rings. The van der Waals surface area contributed by atoms with Crippen molar-refractivity contribution < 1.29 is 8.42 Å². The molecule has 0 fully saturated rings. The van der Waals surface area contributed by atoms with Crippen LogP contribution in [0.15, 0.2) is 47.9 Å². The molecule has 3 nitrogen and oxygen atoms in total. The summed E-state index contributed by atoms with van der Waals surface area (Å²) in [7, 11) is -3.59. The van der Waals surface area contributed by atoms with Gasteiger partial charge in [0.05, 0.1) is 11.0 Å². The molecule has 0 heterocycles. The van der Waals surface area contributed by atoms with Crippen LogP contribution in [0.4, 0.5) is 0 Å². The molecule has 0 N–H and O–H groups in total. The van der Waals surface area contributed by atoms with Crippen molar-refractivity contribution in [2.24, 2.45) is 5.92 Å². The fourth-order valence-corrected chi connectivity index (χ4v) is 2.99. The molecule has 0 radical (unpaired) electrons. The van der Waals surface area contributed by atoms with Gasteiger partial charge in [0.15, 0.2) is 15.1 Å². The van der Waals surface area contributed by atoms with E-state index in [1.807, 2.05) is 6.07 Å². The minimum Gasteiger partial charge on any atom is -0.222 e. The average Bonchev–Trinajstić information content (AvgIpc) is 2.30. The van der Waals surface area contributed by atoms with E-state index in [1.165, 1.54) is 18.2 Å². The lowest BCUT2D eigenvalue weighted by molar-refractivity contribution is 0.575. The van der Waals surface area contributed by atoms with E-state index >= 15 is 0 Å². The highest BCUT2D eigenvalue weighted by atomic mass is 32.2. The second-order valence-corrected chi connectivity index (χ2v) is 5.57. The maximum atomic E-state index is 12.1. The largest absolute Gasteiger partial charge is 0.222 e. The van der Waals surface area contributed by atoms with Crippen LogP contribution in [0.2, 0.25) is 0 Å². The van der Waals surface area contributed by atoms with Crippen molar-refractivity contribution >= 4 is 9.84 Å². The van der Waals surface area contributed by atoms with E-state index in [0.29, 0.717) is 0 Å². The first kappa shape index (κ1) is 12.5. The monoisotopic (exact) mass is 235 g/mol. The third-order valence-corrected chi connectivity index (χ3v) is 4.52. The fraction of sp³-hybridized carbons (Fsp3) is 0.250. The van der Waals surface area contributed by atoms with Gasteiger partial charge in [0.2, 0.25) is 0 Å². The van der Waals surface area contributed by atoms with Gasteiger partial charge in [-0.05, 0) is 12.1 Å². The average molecular weight is 235 g/mol. The van der Waals surface area contributed by atoms with E-state index in [9.17, 15) is 8.42 Å².